The lowest BCUT2D eigenvalue weighted by molar-refractivity contribution is -0.336. The van der Waals surface area contributed by atoms with Crippen LogP contribution in [0.15, 0.2) is 0 Å². The van der Waals surface area contributed by atoms with E-state index in [1.165, 1.54) is 0 Å². The van der Waals surface area contributed by atoms with Crippen LogP contribution in [0.3, 0.4) is 0 Å². The first-order valence-electron chi connectivity index (χ1n) is 3.63. The summed E-state index contributed by atoms with van der Waals surface area (Å²) in [6.07, 6.45) is -4.68. The third-order valence-electron chi connectivity index (χ3n) is 2.15. The van der Waals surface area contributed by atoms with Crippen molar-refractivity contribution in [3.8, 4) is 0 Å². The summed E-state index contributed by atoms with van der Waals surface area (Å²) >= 11 is 0. The lowest BCUT2D eigenvalue weighted by Gasteiger charge is -2.27. The summed E-state index contributed by atoms with van der Waals surface area (Å²) in [5.41, 5.74) is 0. The second-order valence-corrected chi connectivity index (χ2v) is 3.03. The van der Waals surface area contributed by atoms with Crippen LogP contribution in [0.5, 0.6) is 0 Å². The normalized spacial score (nSPS) is 39.9. The van der Waals surface area contributed by atoms with Gasteiger partial charge >= 0.3 is 23.6 Å². The third-order valence-corrected chi connectivity index (χ3v) is 2.15. The monoisotopic (exact) mass is 262 g/mol. The molecule has 1 aliphatic carbocycles. The van der Waals surface area contributed by atoms with Gasteiger partial charge in [0.1, 0.15) is 0 Å². The van der Waals surface area contributed by atoms with E-state index in [0.29, 0.717) is 0 Å². The summed E-state index contributed by atoms with van der Waals surface area (Å²) in [7, 11) is 0. The number of alkyl halides is 9. The van der Waals surface area contributed by atoms with E-state index >= 15 is 0 Å². The van der Waals surface area contributed by atoms with Gasteiger partial charge in [-0.1, -0.05) is 0 Å². The standard InChI is InChI=1S/C6H3F9O/c7-1-16-4(11)2(8)3(9,10)5(12,13)6(4,14)15/h2H,1H2. The van der Waals surface area contributed by atoms with E-state index in [1.807, 2.05) is 0 Å². The molecule has 1 rings (SSSR count). The van der Waals surface area contributed by atoms with Crippen molar-refractivity contribution in [1.82, 2.24) is 0 Å². The lowest BCUT2D eigenvalue weighted by Crippen LogP contribution is -2.53. The van der Waals surface area contributed by atoms with Crippen molar-refractivity contribution in [3.63, 3.8) is 0 Å². The summed E-state index contributed by atoms with van der Waals surface area (Å²) in [6.45, 7) is -2.46. The average Bonchev–Trinajstić information content (AvgIpc) is 2.20. The maximum Gasteiger partial charge on any atom is 0.381 e. The van der Waals surface area contributed by atoms with Gasteiger partial charge in [-0.3, -0.25) is 0 Å². The maximum atomic E-state index is 12.9. The molecule has 0 bridgehead atoms. The zero-order valence-corrected chi connectivity index (χ0v) is 7.09. The molecule has 10 heteroatoms. The van der Waals surface area contributed by atoms with Crippen LogP contribution in [-0.2, 0) is 4.74 Å². The van der Waals surface area contributed by atoms with Gasteiger partial charge in [-0.15, -0.1) is 0 Å². The molecule has 0 radical (unpaired) electrons. The van der Waals surface area contributed by atoms with Crippen LogP contribution in [0.1, 0.15) is 0 Å². The molecule has 0 saturated heterocycles. The highest BCUT2D eigenvalue weighted by Crippen LogP contribution is 2.63. The molecule has 0 spiro atoms. The van der Waals surface area contributed by atoms with E-state index in [0.717, 1.165) is 0 Å². The van der Waals surface area contributed by atoms with E-state index in [9.17, 15) is 39.5 Å². The predicted molar refractivity (Wildman–Crippen MR) is 30.6 cm³/mol. The number of hydrogen-bond acceptors (Lipinski definition) is 1. The van der Waals surface area contributed by atoms with Crippen LogP contribution >= 0.6 is 0 Å². The Morgan fingerprint density at radius 2 is 1.31 bits per heavy atom. The molecule has 0 aromatic heterocycles. The molecule has 1 saturated carbocycles. The summed E-state index contributed by atoms with van der Waals surface area (Å²) < 4.78 is 114. The van der Waals surface area contributed by atoms with Crippen molar-refractivity contribution < 1.29 is 44.3 Å². The van der Waals surface area contributed by atoms with Crippen molar-refractivity contribution in [2.75, 3.05) is 6.86 Å². The number of rotatable bonds is 2. The quantitative estimate of drug-likeness (QED) is 0.695. The van der Waals surface area contributed by atoms with Crippen molar-refractivity contribution in [3.05, 3.63) is 0 Å². The van der Waals surface area contributed by atoms with Crippen LogP contribution in [0.4, 0.5) is 39.5 Å². The Balaban J connectivity index is 3.35. The number of hydrogen-bond donors (Lipinski definition) is 0. The van der Waals surface area contributed by atoms with E-state index in [4.69, 9.17) is 0 Å². The van der Waals surface area contributed by atoms with Crippen molar-refractivity contribution >= 4 is 0 Å². The second kappa shape index (κ2) is 3.17. The molecular formula is C6H3F9O. The summed E-state index contributed by atoms with van der Waals surface area (Å²) in [4.78, 5) is 0. The molecule has 0 amide bonds. The summed E-state index contributed by atoms with van der Waals surface area (Å²) in [6, 6.07) is 0. The van der Waals surface area contributed by atoms with Gasteiger partial charge in [0.15, 0.2) is 6.86 Å². The molecule has 0 N–H and O–H groups in total. The van der Waals surface area contributed by atoms with Gasteiger partial charge in [0, 0.05) is 0 Å². The Morgan fingerprint density at radius 1 is 0.875 bits per heavy atom. The fraction of sp³-hybridized carbons (Fsp3) is 1.00. The lowest BCUT2D eigenvalue weighted by atomic mass is 10.2. The van der Waals surface area contributed by atoms with Gasteiger partial charge in [0.05, 0.1) is 0 Å². The Labute approximate surface area is 82.2 Å². The summed E-state index contributed by atoms with van der Waals surface area (Å²) in [5, 5.41) is 0. The van der Waals surface area contributed by atoms with E-state index in [-0.39, 0.29) is 0 Å². The number of ether oxygens (including phenoxy) is 1. The molecule has 0 aliphatic heterocycles. The van der Waals surface area contributed by atoms with E-state index < -0.39 is 36.7 Å². The van der Waals surface area contributed by atoms with Crippen molar-refractivity contribution in [2.24, 2.45) is 0 Å². The third kappa shape index (κ3) is 1.13. The second-order valence-electron chi connectivity index (χ2n) is 3.03. The van der Waals surface area contributed by atoms with Gasteiger partial charge in [-0.2, -0.15) is 26.3 Å². The maximum absolute atomic E-state index is 12.9. The van der Waals surface area contributed by atoms with Gasteiger partial charge in [0.25, 0.3) is 0 Å². The van der Waals surface area contributed by atoms with Gasteiger partial charge in [-0.05, 0) is 0 Å². The first-order chi connectivity index (χ1) is 6.97. The Bertz CT molecular complexity index is 290. The molecule has 96 valence electrons. The predicted octanol–water partition coefficient (Wildman–Crippen LogP) is 2.85. The Morgan fingerprint density at radius 3 is 1.56 bits per heavy atom. The molecule has 1 nitrogen and oxygen atoms in total. The minimum atomic E-state index is -6.32. The van der Waals surface area contributed by atoms with Gasteiger partial charge in [-0.25, -0.2) is 13.2 Å². The summed E-state index contributed by atoms with van der Waals surface area (Å²) in [5.74, 6) is -23.9. The first-order valence-corrected chi connectivity index (χ1v) is 3.63. The highest BCUT2D eigenvalue weighted by atomic mass is 19.4. The fourth-order valence-electron chi connectivity index (χ4n) is 1.22. The molecule has 1 aliphatic rings. The molecule has 0 aromatic rings. The zero-order chi connectivity index (χ0) is 13.0. The van der Waals surface area contributed by atoms with Crippen molar-refractivity contribution in [1.29, 1.82) is 0 Å². The highest BCUT2D eigenvalue weighted by Gasteiger charge is 2.94. The Hall–Kier alpha value is -0.670. The fourth-order valence-corrected chi connectivity index (χ4v) is 1.22. The van der Waals surface area contributed by atoms with Gasteiger partial charge in [0.2, 0.25) is 6.17 Å². The van der Waals surface area contributed by atoms with Crippen LogP contribution in [0.2, 0.25) is 0 Å². The van der Waals surface area contributed by atoms with Crippen LogP contribution < -0.4 is 0 Å². The molecule has 2 atom stereocenters. The highest BCUT2D eigenvalue weighted by molar-refractivity contribution is 5.19. The molecular weight excluding hydrogens is 259 g/mol. The molecule has 0 aromatic carbocycles. The molecule has 1 fully saturated rings. The minimum absolute atomic E-state index is 2.46. The first kappa shape index (κ1) is 13.4. The molecule has 0 heterocycles. The molecule has 2 unspecified atom stereocenters. The van der Waals surface area contributed by atoms with Crippen molar-refractivity contribution in [2.45, 2.75) is 29.8 Å². The smallest absolute Gasteiger partial charge is 0.307 e. The SMILES string of the molecule is FCOC1(F)C(F)C(F)(F)C(F)(F)C1(F)F. The Kier molecular flexibility index (Phi) is 2.66. The van der Waals surface area contributed by atoms with Crippen LogP contribution in [0, 0.1) is 0 Å². The van der Waals surface area contributed by atoms with E-state index in [2.05, 4.69) is 4.74 Å². The largest absolute Gasteiger partial charge is 0.381 e. The average molecular weight is 262 g/mol. The topological polar surface area (TPSA) is 9.23 Å². The minimum Gasteiger partial charge on any atom is -0.307 e. The van der Waals surface area contributed by atoms with Gasteiger partial charge < -0.3 is 4.74 Å². The number of halogens is 9. The van der Waals surface area contributed by atoms with Crippen LogP contribution in [0.25, 0.3) is 0 Å². The molecule has 16 heavy (non-hydrogen) atoms. The van der Waals surface area contributed by atoms with E-state index in [1.54, 1.807) is 0 Å². The van der Waals surface area contributed by atoms with Crippen LogP contribution in [-0.4, -0.2) is 36.7 Å². The zero-order valence-electron chi connectivity index (χ0n) is 7.09.